The molecule has 0 aromatic heterocycles. The summed E-state index contributed by atoms with van der Waals surface area (Å²) in [6.45, 7) is 3.71. The van der Waals surface area contributed by atoms with Crippen LogP contribution in [0.1, 0.15) is 23.6 Å². The first-order chi connectivity index (χ1) is 8.02. The molecule has 1 aromatic rings. The van der Waals surface area contributed by atoms with Gasteiger partial charge >= 0.3 is 0 Å². The highest BCUT2D eigenvalue weighted by Gasteiger charge is 2.30. The Balaban J connectivity index is 2.31. The standard InChI is InChI=1S/C13H18BrFN2/c1-8-3-12(15)11(14)5-10(8)13-4-9(6-16)7-17(13)2/h3,5,9,13H,4,6-7,16H2,1-2H3. The van der Waals surface area contributed by atoms with Crippen LogP contribution in [0.15, 0.2) is 16.6 Å². The molecule has 0 aliphatic carbocycles. The van der Waals surface area contributed by atoms with Crippen LogP contribution in [0.5, 0.6) is 0 Å². The summed E-state index contributed by atoms with van der Waals surface area (Å²) in [7, 11) is 2.11. The van der Waals surface area contributed by atoms with Gasteiger partial charge in [-0.05, 0) is 72.0 Å². The highest BCUT2D eigenvalue weighted by Crippen LogP contribution is 2.36. The molecule has 2 unspecified atom stereocenters. The van der Waals surface area contributed by atoms with Crippen molar-refractivity contribution < 1.29 is 4.39 Å². The van der Waals surface area contributed by atoms with E-state index in [1.807, 2.05) is 13.0 Å². The maximum absolute atomic E-state index is 13.4. The Morgan fingerprint density at radius 3 is 2.82 bits per heavy atom. The fraction of sp³-hybridized carbons (Fsp3) is 0.538. The third-order valence-electron chi connectivity index (χ3n) is 3.64. The number of hydrogen-bond acceptors (Lipinski definition) is 2. The Bertz CT molecular complexity index is 422. The van der Waals surface area contributed by atoms with Gasteiger partial charge in [-0.15, -0.1) is 0 Å². The monoisotopic (exact) mass is 300 g/mol. The molecule has 1 heterocycles. The molecule has 17 heavy (non-hydrogen) atoms. The van der Waals surface area contributed by atoms with Crippen LogP contribution in [0, 0.1) is 18.7 Å². The quantitative estimate of drug-likeness (QED) is 0.910. The van der Waals surface area contributed by atoms with Crippen LogP contribution in [0.2, 0.25) is 0 Å². The number of halogens is 2. The smallest absolute Gasteiger partial charge is 0.137 e. The van der Waals surface area contributed by atoms with Gasteiger partial charge < -0.3 is 5.73 Å². The van der Waals surface area contributed by atoms with Gasteiger partial charge in [-0.2, -0.15) is 0 Å². The van der Waals surface area contributed by atoms with Crippen molar-refractivity contribution in [3.63, 3.8) is 0 Å². The van der Waals surface area contributed by atoms with E-state index in [2.05, 4.69) is 27.9 Å². The first kappa shape index (κ1) is 13.0. The van der Waals surface area contributed by atoms with Crippen molar-refractivity contribution in [1.29, 1.82) is 0 Å². The Labute approximate surface area is 110 Å². The molecule has 1 fully saturated rings. The van der Waals surface area contributed by atoms with Gasteiger partial charge in [-0.3, -0.25) is 4.90 Å². The van der Waals surface area contributed by atoms with Gasteiger partial charge in [0.25, 0.3) is 0 Å². The fourth-order valence-corrected chi connectivity index (χ4v) is 3.02. The van der Waals surface area contributed by atoms with Crippen molar-refractivity contribution in [3.05, 3.63) is 33.5 Å². The SMILES string of the molecule is Cc1cc(F)c(Br)cc1C1CC(CN)CN1C. The Morgan fingerprint density at radius 1 is 1.53 bits per heavy atom. The van der Waals surface area contributed by atoms with Crippen molar-refractivity contribution in [2.24, 2.45) is 11.7 Å². The van der Waals surface area contributed by atoms with E-state index in [9.17, 15) is 4.39 Å². The summed E-state index contributed by atoms with van der Waals surface area (Å²) in [5.74, 6) is 0.357. The van der Waals surface area contributed by atoms with E-state index in [4.69, 9.17) is 5.73 Å². The van der Waals surface area contributed by atoms with Crippen LogP contribution < -0.4 is 5.73 Å². The van der Waals surface area contributed by atoms with E-state index in [0.29, 0.717) is 16.4 Å². The molecular weight excluding hydrogens is 283 g/mol. The predicted molar refractivity (Wildman–Crippen MR) is 71.4 cm³/mol. The maximum atomic E-state index is 13.4. The summed E-state index contributed by atoms with van der Waals surface area (Å²) in [5, 5.41) is 0. The lowest BCUT2D eigenvalue weighted by atomic mass is 9.96. The molecule has 1 aliphatic heterocycles. The van der Waals surface area contributed by atoms with E-state index in [1.54, 1.807) is 6.07 Å². The topological polar surface area (TPSA) is 29.3 Å². The number of likely N-dealkylation sites (tertiary alicyclic amines) is 1. The molecule has 0 bridgehead atoms. The van der Waals surface area contributed by atoms with Gasteiger partial charge in [0.05, 0.1) is 4.47 Å². The summed E-state index contributed by atoms with van der Waals surface area (Å²) in [4.78, 5) is 2.31. The number of nitrogens with two attached hydrogens (primary N) is 1. The van der Waals surface area contributed by atoms with Crippen LogP contribution in [0.3, 0.4) is 0 Å². The number of nitrogens with zero attached hydrogens (tertiary/aromatic N) is 1. The van der Waals surface area contributed by atoms with Crippen LogP contribution >= 0.6 is 15.9 Å². The predicted octanol–water partition coefficient (Wildman–Crippen LogP) is 2.85. The number of benzene rings is 1. The summed E-state index contributed by atoms with van der Waals surface area (Å²) in [6, 6.07) is 3.87. The number of rotatable bonds is 2. The molecule has 1 aliphatic rings. The molecule has 2 N–H and O–H groups in total. The molecule has 2 atom stereocenters. The number of hydrogen-bond donors (Lipinski definition) is 1. The van der Waals surface area contributed by atoms with E-state index >= 15 is 0 Å². The lowest BCUT2D eigenvalue weighted by Gasteiger charge is -2.22. The number of aryl methyl sites for hydroxylation is 1. The minimum Gasteiger partial charge on any atom is -0.330 e. The zero-order chi connectivity index (χ0) is 12.6. The molecule has 1 saturated heterocycles. The second-order valence-corrected chi connectivity index (χ2v) is 5.77. The zero-order valence-corrected chi connectivity index (χ0v) is 11.8. The molecule has 0 saturated carbocycles. The van der Waals surface area contributed by atoms with Gasteiger partial charge in [0, 0.05) is 12.6 Å². The van der Waals surface area contributed by atoms with E-state index < -0.39 is 0 Å². The van der Waals surface area contributed by atoms with Crippen molar-refractivity contribution in [2.75, 3.05) is 20.1 Å². The zero-order valence-electron chi connectivity index (χ0n) is 10.2. The lowest BCUT2D eigenvalue weighted by Crippen LogP contribution is -2.21. The Kier molecular flexibility index (Phi) is 3.85. The van der Waals surface area contributed by atoms with Crippen molar-refractivity contribution >= 4 is 15.9 Å². The Morgan fingerprint density at radius 2 is 2.24 bits per heavy atom. The highest BCUT2D eigenvalue weighted by molar-refractivity contribution is 9.10. The largest absolute Gasteiger partial charge is 0.330 e. The first-order valence-corrected chi connectivity index (χ1v) is 6.68. The summed E-state index contributed by atoms with van der Waals surface area (Å²) in [5.41, 5.74) is 7.95. The van der Waals surface area contributed by atoms with Gasteiger partial charge in [0.15, 0.2) is 0 Å². The summed E-state index contributed by atoms with van der Waals surface area (Å²) >= 11 is 3.26. The average Bonchev–Trinajstić information content (AvgIpc) is 2.65. The van der Waals surface area contributed by atoms with E-state index in [-0.39, 0.29) is 5.82 Å². The van der Waals surface area contributed by atoms with E-state index in [0.717, 1.165) is 25.1 Å². The van der Waals surface area contributed by atoms with Gasteiger partial charge in [0.1, 0.15) is 5.82 Å². The summed E-state index contributed by atoms with van der Waals surface area (Å²) in [6.07, 6.45) is 1.06. The van der Waals surface area contributed by atoms with Crippen LogP contribution in [0.4, 0.5) is 4.39 Å². The molecule has 2 nitrogen and oxygen atoms in total. The normalized spacial score (nSPS) is 25.5. The van der Waals surface area contributed by atoms with Crippen molar-refractivity contribution in [1.82, 2.24) is 4.90 Å². The third-order valence-corrected chi connectivity index (χ3v) is 4.24. The molecule has 0 spiro atoms. The third kappa shape index (κ3) is 2.54. The van der Waals surface area contributed by atoms with Crippen LogP contribution in [-0.4, -0.2) is 25.0 Å². The minimum absolute atomic E-state index is 0.192. The fourth-order valence-electron chi connectivity index (χ4n) is 2.66. The maximum Gasteiger partial charge on any atom is 0.137 e. The average molecular weight is 301 g/mol. The summed E-state index contributed by atoms with van der Waals surface area (Å²) < 4.78 is 14.0. The second kappa shape index (κ2) is 5.04. The molecule has 0 amide bonds. The van der Waals surface area contributed by atoms with Crippen molar-refractivity contribution in [3.8, 4) is 0 Å². The van der Waals surface area contributed by atoms with Crippen molar-refractivity contribution in [2.45, 2.75) is 19.4 Å². The first-order valence-electron chi connectivity index (χ1n) is 5.88. The molecule has 94 valence electrons. The second-order valence-electron chi connectivity index (χ2n) is 4.92. The van der Waals surface area contributed by atoms with E-state index in [1.165, 1.54) is 5.56 Å². The molecule has 0 radical (unpaired) electrons. The molecule has 1 aromatic carbocycles. The molecular formula is C13H18BrFN2. The highest BCUT2D eigenvalue weighted by atomic mass is 79.9. The minimum atomic E-state index is -0.192. The van der Waals surface area contributed by atoms with Gasteiger partial charge in [-0.1, -0.05) is 0 Å². The van der Waals surface area contributed by atoms with Gasteiger partial charge in [-0.25, -0.2) is 4.39 Å². The molecule has 4 heteroatoms. The molecule has 2 rings (SSSR count). The van der Waals surface area contributed by atoms with Gasteiger partial charge in [0.2, 0.25) is 0 Å². The lowest BCUT2D eigenvalue weighted by molar-refractivity contribution is 0.312. The van der Waals surface area contributed by atoms with Crippen LogP contribution in [0.25, 0.3) is 0 Å². The van der Waals surface area contributed by atoms with Crippen LogP contribution in [-0.2, 0) is 0 Å². The Hall–Kier alpha value is -0.450.